The van der Waals surface area contributed by atoms with Gasteiger partial charge in [0, 0.05) is 30.4 Å². The van der Waals surface area contributed by atoms with Gasteiger partial charge in [-0.1, -0.05) is 6.07 Å². The molecular formula is C20H23N5O. The van der Waals surface area contributed by atoms with Gasteiger partial charge in [0.05, 0.1) is 30.7 Å². The quantitative estimate of drug-likeness (QED) is 0.741. The highest BCUT2D eigenvalue weighted by atomic mass is 16.5. The minimum Gasteiger partial charge on any atom is -0.496 e. The molecule has 1 aliphatic carbocycles. The molecule has 3 aromatic heterocycles. The van der Waals surface area contributed by atoms with Crippen LogP contribution in [0.3, 0.4) is 0 Å². The van der Waals surface area contributed by atoms with E-state index < -0.39 is 0 Å². The third-order valence-corrected chi connectivity index (χ3v) is 5.48. The number of fused-ring (bicyclic) bond motifs is 1. The van der Waals surface area contributed by atoms with Crippen molar-refractivity contribution in [3.8, 4) is 17.1 Å². The Hall–Kier alpha value is -2.60. The molecule has 4 heterocycles. The van der Waals surface area contributed by atoms with Gasteiger partial charge in [0.2, 0.25) is 0 Å². The first kappa shape index (κ1) is 15.6. The Morgan fingerprint density at radius 2 is 2.19 bits per heavy atom. The molecule has 2 N–H and O–H groups in total. The molecule has 5 rings (SSSR count). The van der Waals surface area contributed by atoms with Crippen LogP contribution >= 0.6 is 0 Å². The highest BCUT2D eigenvalue weighted by molar-refractivity contribution is 5.64. The SMILES string of the molecule is COc1cc2ncc(-c3cccc(N[C@@H]4CN[C@H]4C)n3)n2cc1C1CC1. The van der Waals surface area contributed by atoms with E-state index in [-0.39, 0.29) is 0 Å². The maximum absolute atomic E-state index is 5.58. The number of hydrogen-bond acceptors (Lipinski definition) is 5. The Labute approximate surface area is 152 Å². The van der Waals surface area contributed by atoms with Gasteiger partial charge in [-0.25, -0.2) is 9.97 Å². The van der Waals surface area contributed by atoms with E-state index in [2.05, 4.69) is 33.1 Å². The van der Waals surface area contributed by atoms with E-state index in [4.69, 9.17) is 9.72 Å². The summed E-state index contributed by atoms with van der Waals surface area (Å²) in [5.41, 5.74) is 4.09. The highest BCUT2D eigenvalue weighted by Gasteiger charge is 2.28. The van der Waals surface area contributed by atoms with Crippen LogP contribution in [0, 0.1) is 0 Å². The van der Waals surface area contributed by atoms with Crippen molar-refractivity contribution in [1.29, 1.82) is 0 Å². The third-order valence-electron chi connectivity index (χ3n) is 5.48. The molecule has 0 unspecified atom stereocenters. The molecule has 6 heteroatoms. The molecule has 1 aliphatic heterocycles. The van der Waals surface area contributed by atoms with Gasteiger partial charge in [0.15, 0.2) is 0 Å². The summed E-state index contributed by atoms with van der Waals surface area (Å²) in [4.78, 5) is 9.39. The zero-order valence-electron chi connectivity index (χ0n) is 15.1. The number of hydrogen-bond donors (Lipinski definition) is 2. The zero-order valence-corrected chi connectivity index (χ0v) is 15.1. The summed E-state index contributed by atoms with van der Waals surface area (Å²) in [7, 11) is 1.73. The Bertz CT molecular complexity index is 962. The molecule has 0 amide bonds. The predicted molar refractivity (Wildman–Crippen MR) is 102 cm³/mol. The van der Waals surface area contributed by atoms with Gasteiger partial charge in [-0.05, 0) is 37.8 Å². The second kappa shape index (κ2) is 5.99. The van der Waals surface area contributed by atoms with Gasteiger partial charge in [0.25, 0.3) is 0 Å². The summed E-state index contributed by atoms with van der Waals surface area (Å²) in [5, 5.41) is 6.88. The van der Waals surface area contributed by atoms with Crippen LogP contribution < -0.4 is 15.4 Å². The number of nitrogens with one attached hydrogen (secondary N) is 2. The molecule has 0 aromatic carbocycles. The fraction of sp³-hybridized carbons (Fsp3) is 0.400. The third kappa shape index (κ3) is 2.61. The number of imidazole rings is 1. The summed E-state index contributed by atoms with van der Waals surface area (Å²) in [5.74, 6) is 2.46. The lowest BCUT2D eigenvalue weighted by atomic mass is 10.0. The maximum Gasteiger partial charge on any atom is 0.140 e. The summed E-state index contributed by atoms with van der Waals surface area (Å²) >= 11 is 0. The molecule has 0 radical (unpaired) electrons. The van der Waals surface area contributed by atoms with Crippen LogP contribution in [-0.2, 0) is 0 Å². The number of rotatable bonds is 5. The molecule has 2 fully saturated rings. The summed E-state index contributed by atoms with van der Waals surface area (Å²) < 4.78 is 7.71. The molecule has 0 spiro atoms. The lowest BCUT2D eigenvalue weighted by Gasteiger charge is -2.36. The highest BCUT2D eigenvalue weighted by Crippen LogP contribution is 2.44. The van der Waals surface area contributed by atoms with Crippen molar-refractivity contribution in [2.24, 2.45) is 0 Å². The molecule has 26 heavy (non-hydrogen) atoms. The van der Waals surface area contributed by atoms with E-state index in [1.807, 2.05) is 30.5 Å². The minimum absolute atomic E-state index is 0.436. The lowest BCUT2D eigenvalue weighted by Crippen LogP contribution is -2.59. The van der Waals surface area contributed by atoms with Crippen molar-refractivity contribution in [3.05, 3.63) is 42.2 Å². The van der Waals surface area contributed by atoms with Gasteiger partial charge >= 0.3 is 0 Å². The molecule has 1 saturated heterocycles. The molecule has 1 saturated carbocycles. The van der Waals surface area contributed by atoms with Gasteiger partial charge in [-0.15, -0.1) is 0 Å². The Balaban J connectivity index is 1.53. The van der Waals surface area contributed by atoms with Crippen LogP contribution in [0.2, 0.25) is 0 Å². The topological polar surface area (TPSA) is 63.5 Å². The standard InChI is InChI=1S/C20H23N5O/c1-12-16(9-21-12)24-19-5-3-4-15(23-19)17-10-22-20-8-18(26-2)14(11-25(17)20)13-6-7-13/h3-5,8,10-13,16,21H,6-7,9H2,1-2H3,(H,23,24)/t12-,16+/m0/s1. The van der Waals surface area contributed by atoms with Crippen LogP contribution in [-0.4, -0.2) is 40.1 Å². The Morgan fingerprint density at radius 1 is 1.31 bits per heavy atom. The summed E-state index contributed by atoms with van der Waals surface area (Å²) in [6.45, 7) is 3.16. The number of anilines is 1. The first-order valence-electron chi connectivity index (χ1n) is 9.25. The van der Waals surface area contributed by atoms with Gasteiger partial charge in [-0.2, -0.15) is 0 Å². The normalized spacial score (nSPS) is 22.2. The molecule has 6 nitrogen and oxygen atoms in total. The average Bonchev–Trinajstić information content (AvgIpc) is 3.43. The predicted octanol–water partition coefficient (Wildman–Crippen LogP) is 3.05. The van der Waals surface area contributed by atoms with Gasteiger partial charge in [-0.3, -0.25) is 4.40 Å². The van der Waals surface area contributed by atoms with Crippen molar-refractivity contribution in [2.75, 3.05) is 19.0 Å². The van der Waals surface area contributed by atoms with E-state index in [1.54, 1.807) is 7.11 Å². The van der Waals surface area contributed by atoms with Crippen molar-refractivity contribution >= 4 is 11.5 Å². The number of ether oxygens (including phenoxy) is 1. The lowest BCUT2D eigenvalue weighted by molar-refractivity contribution is 0.355. The fourth-order valence-electron chi connectivity index (χ4n) is 3.58. The van der Waals surface area contributed by atoms with Crippen LogP contribution in [0.1, 0.15) is 31.2 Å². The maximum atomic E-state index is 5.58. The molecule has 0 bridgehead atoms. The molecule has 134 valence electrons. The summed E-state index contributed by atoms with van der Waals surface area (Å²) in [6.07, 6.45) is 6.54. The monoisotopic (exact) mass is 349 g/mol. The first-order valence-corrected chi connectivity index (χ1v) is 9.25. The van der Waals surface area contributed by atoms with E-state index in [0.29, 0.717) is 18.0 Å². The van der Waals surface area contributed by atoms with E-state index in [0.717, 1.165) is 35.1 Å². The van der Waals surface area contributed by atoms with E-state index in [9.17, 15) is 0 Å². The van der Waals surface area contributed by atoms with Crippen LogP contribution in [0.15, 0.2) is 36.7 Å². The van der Waals surface area contributed by atoms with Crippen molar-refractivity contribution in [1.82, 2.24) is 19.7 Å². The average molecular weight is 349 g/mol. The largest absolute Gasteiger partial charge is 0.496 e. The van der Waals surface area contributed by atoms with Crippen LogP contribution in [0.4, 0.5) is 5.82 Å². The smallest absolute Gasteiger partial charge is 0.140 e. The summed E-state index contributed by atoms with van der Waals surface area (Å²) in [6, 6.07) is 9.05. The fourth-order valence-corrected chi connectivity index (χ4v) is 3.58. The second-order valence-corrected chi connectivity index (χ2v) is 7.30. The second-order valence-electron chi connectivity index (χ2n) is 7.30. The molecule has 2 aliphatic rings. The molecular weight excluding hydrogens is 326 g/mol. The van der Waals surface area contributed by atoms with Crippen molar-refractivity contribution < 1.29 is 4.74 Å². The van der Waals surface area contributed by atoms with Crippen LogP contribution in [0.5, 0.6) is 5.75 Å². The van der Waals surface area contributed by atoms with Crippen LogP contribution in [0.25, 0.3) is 17.0 Å². The van der Waals surface area contributed by atoms with Crippen molar-refractivity contribution in [2.45, 2.75) is 37.8 Å². The van der Waals surface area contributed by atoms with Crippen molar-refractivity contribution in [3.63, 3.8) is 0 Å². The number of nitrogens with zero attached hydrogens (tertiary/aromatic N) is 3. The molecule has 2 atom stereocenters. The minimum atomic E-state index is 0.436. The first-order chi connectivity index (χ1) is 12.7. The van der Waals surface area contributed by atoms with E-state index in [1.165, 1.54) is 18.4 Å². The Kier molecular flexibility index (Phi) is 3.60. The van der Waals surface area contributed by atoms with E-state index >= 15 is 0 Å². The van der Waals surface area contributed by atoms with Gasteiger partial charge < -0.3 is 15.4 Å². The molecule has 3 aromatic rings. The number of pyridine rings is 2. The zero-order chi connectivity index (χ0) is 17.7. The van der Waals surface area contributed by atoms with Gasteiger partial charge in [0.1, 0.15) is 17.2 Å². The Morgan fingerprint density at radius 3 is 2.88 bits per heavy atom. The number of methoxy groups -OCH3 is 1. The number of aromatic nitrogens is 3.